The van der Waals surface area contributed by atoms with E-state index in [1.807, 2.05) is 23.1 Å². The summed E-state index contributed by atoms with van der Waals surface area (Å²) in [6.07, 6.45) is 1.36. The molecule has 2 aromatic carbocycles. The number of rotatable bonds is 6. The molecule has 2 aromatic rings. The number of likely N-dealkylation sites (tertiary alicyclic amines) is 1. The van der Waals surface area contributed by atoms with Crippen molar-refractivity contribution in [1.29, 1.82) is 0 Å². The summed E-state index contributed by atoms with van der Waals surface area (Å²) in [7, 11) is 3.12. The van der Waals surface area contributed by atoms with Crippen molar-refractivity contribution in [2.75, 3.05) is 27.3 Å². The van der Waals surface area contributed by atoms with Crippen LogP contribution in [0.2, 0.25) is 0 Å². The molecule has 6 heteroatoms. The number of methoxy groups -OCH3 is 2. The van der Waals surface area contributed by atoms with Crippen molar-refractivity contribution < 1.29 is 23.8 Å². The van der Waals surface area contributed by atoms with Gasteiger partial charge in [0, 0.05) is 12.1 Å². The van der Waals surface area contributed by atoms with Crippen LogP contribution in [0.5, 0.6) is 11.5 Å². The molecule has 27 heavy (non-hydrogen) atoms. The second-order valence-electron chi connectivity index (χ2n) is 6.67. The van der Waals surface area contributed by atoms with E-state index in [0.717, 1.165) is 6.42 Å². The molecule has 1 aliphatic heterocycles. The van der Waals surface area contributed by atoms with Crippen LogP contribution in [-0.2, 0) is 4.79 Å². The Labute approximate surface area is 158 Å². The molecule has 0 saturated carbocycles. The van der Waals surface area contributed by atoms with Gasteiger partial charge in [0.25, 0.3) is 0 Å². The minimum atomic E-state index is -0.820. The number of benzene rings is 2. The van der Waals surface area contributed by atoms with E-state index in [2.05, 4.69) is 0 Å². The van der Waals surface area contributed by atoms with E-state index < -0.39 is 17.9 Å². The third-order valence-corrected chi connectivity index (χ3v) is 5.11. The van der Waals surface area contributed by atoms with Gasteiger partial charge in [-0.1, -0.05) is 24.3 Å². The highest BCUT2D eigenvalue weighted by Crippen LogP contribution is 2.42. The van der Waals surface area contributed by atoms with E-state index >= 15 is 0 Å². The van der Waals surface area contributed by atoms with Gasteiger partial charge in [0.1, 0.15) is 17.3 Å². The van der Waals surface area contributed by atoms with Gasteiger partial charge in [-0.2, -0.15) is 0 Å². The Balaban J connectivity index is 2.15. The number of carboxylic acid groups (broad SMARTS) is 1. The van der Waals surface area contributed by atoms with Crippen molar-refractivity contribution in [3.63, 3.8) is 0 Å². The SMILES string of the molecule is COc1cccc(OC)c1C(c1ccccc1F)N1CCCC(C(=O)O)C1. The van der Waals surface area contributed by atoms with Gasteiger partial charge in [-0.05, 0) is 37.6 Å². The van der Waals surface area contributed by atoms with E-state index in [1.54, 1.807) is 32.4 Å². The number of halogens is 1. The fraction of sp³-hybridized carbons (Fsp3) is 0.381. The first-order chi connectivity index (χ1) is 13.1. The second kappa shape index (κ2) is 8.39. The van der Waals surface area contributed by atoms with Gasteiger partial charge in [-0.25, -0.2) is 4.39 Å². The van der Waals surface area contributed by atoms with Gasteiger partial charge in [0.15, 0.2) is 0 Å². The van der Waals surface area contributed by atoms with Crippen molar-refractivity contribution in [3.05, 3.63) is 59.4 Å². The molecule has 1 fully saturated rings. The minimum Gasteiger partial charge on any atom is -0.496 e. The molecule has 0 bridgehead atoms. The lowest BCUT2D eigenvalue weighted by Gasteiger charge is -2.38. The van der Waals surface area contributed by atoms with Crippen LogP contribution in [-0.4, -0.2) is 43.3 Å². The van der Waals surface area contributed by atoms with E-state index in [-0.39, 0.29) is 5.82 Å². The Hall–Kier alpha value is -2.60. The predicted molar refractivity (Wildman–Crippen MR) is 99.7 cm³/mol. The van der Waals surface area contributed by atoms with Crippen LogP contribution in [0.1, 0.15) is 30.0 Å². The van der Waals surface area contributed by atoms with Gasteiger partial charge >= 0.3 is 5.97 Å². The van der Waals surface area contributed by atoms with Crippen LogP contribution in [0, 0.1) is 11.7 Å². The molecule has 2 unspecified atom stereocenters. The summed E-state index contributed by atoms with van der Waals surface area (Å²) >= 11 is 0. The summed E-state index contributed by atoms with van der Waals surface area (Å²) in [5, 5.41) is 9.48. The Bertz CT molecular complexity index is 788. The molecule has 144 valence electrons. The maximum Gasteiger partial charge on any atom is 0.307 e. The highest BCUT2D eigenvalue weighted by molar-refractivity contribution is 5.70. The lowest BCUT2D eigenvalue weighted by Crippen LogP contribution is -2.41. The number of carboxylic acids is 1. The smallest absolute Gasteiger partial charge is 0.307 e. The normalized spacial score (nSPS) is 18.7. The summed E-state index contributed by atoms with van der Waals surface area (Å²) in [6.45, 7) is 1.01. The van der Waals surface area contributed by atoms with Gasteiger partial charge in [0.05, 0.1) is 31.7 Å². The molecule has 0 radical (unpaired) electrons. The molecular weight excluding hydrogens is 349 g/mol. The summed E-state index contributed by atoms with van der Waals surface area (Å²) in [5.74, 6) is -0.472. The van der Waals surface area contributed by atoms with Gasteiger partial charge in [-0.3, -0.25) is 9.69 Å². The molecule has 1 aliphatic rings. The molecule has 1 heterocycles. The van der Waals surface area contributed by atoms with E-state index in [0.29, 0.717) is 42.1 Å². The molecule has 1 N–H and O–H groups in total. The Morgan fingerprint density at radius 1 is 1.15 bits per heavy atom. The van der Waals surface area contributed by atoms with Crippen molar-refractivity contribution in [2.24, 2.45) is 5.92 Å². The third kappa shape index (κ3) is 3.90. The zero-order valence-corrected chi connectivity index (χ0v) is 15.5. The fourth-order valence-electron chi connectivity index (χ4n) is 3.82. The zero-order chi connectivity index (χ0) is 19.4. The van der Waals surface area contributed by atoms with Crippen LogP contribution in [0.4, 0.5) is 4.39 Å². The van der Waals surface area contributed by atoms with Crippen LogP contribution >= 0.6 is 0 Å². The summed E-state index contributed by atoms with van der Waals surface area (Å²) in [6, 6.07) is 11.5. The number of carbonyl (C=O) groups is 1. The summed E-state index contributed by atoms with van der Waals surface area (Å²) in [5.41, 5.74) is 1.19. The molecule has 0 spiro atoms. The van der Waals surface area contributed by atoms with Crippen molar-refractivity contribution >= 4 is 5.97 Å². The Morgan fingerprint density at radius 2 is 1.81 bits per heavy atom. The quantitative estimate of drug-likeness (QED) is 0.836. The maximum absolute atomic E-state index is 14.8. The molecular formula is C21H24FNO4. The molecule has 0 amide bonds. The highest BCUT2D eigenvalue weighted by Gasteiger charge is 2.35. The number of piperidine rings is 1. The van der Waals surface area contributed by atoms with Gasteiger partial charge in [-0.15, -0.1) is 0 Å². The van der Waals surface area contributed by atoms with E-state index in [4.69, 9.17) is 9.47 Å². The van der Waals surface area contributed by atoms with Gasteiger partial charge in [0.2, 0.25) is 0 Å². The minimum absolute atomic E-state index is 0.340. The molecule has 0 aliphatic carbocycles. The number of nitrogens with zero attached hydrogens (tertiary/aromatic N) is 1. The lowest BCUT2D eigenvalue weighted by molar-refractivity contribution is -0.143. The van der Waals surface area contributed by atoms with Crippen molar-refractivity contribution in [3.8, 4) is 11.5 Å². The number of ether oxygens (including phenoxy) is 2. The third-order valence-electron chi connectivity index (χ3n) is 5.11. The van der Waals surface area contributed by atoms with Crippen LogP contribution in [0.3, 0.4) is 0 Å². The molecule has 3 rings (SSSR count). The van der Waals surface area contributed by atoms with Crippen LogP contribution < -0.4 is 9.47 Å². The lowest BCUT2D eigenvalue weighted by atomic mass is 9.90. The second-order valence-corrected chi connectivity index (χ2v) is 6.67. The molecule has 2 atom stereocenters. The fourth-order valence-corrected chi connectivity index (χ4v) is 3.82. The first kappa shape index (κ1) is 19.2. The zero-order valence-electron chi connectivity index (χ0n) is 15.5. The standard InChI is InChI=1S/C21H24FNO4/c1-26-17-10-5-11-18(27-2)19(17)20(15-8-3-4-9-16(15)22)23-12-6-7-14(13-23)21(24)25/h3-5,8-11,14,20H,6-7,12-13H2,1-2H3,(H,24,25). The van der Waals surface area contributed by atoms with E-state index in [9.17, 15) is 14.3 Å². The van der Waals surface area contributed by atoms with Gasteiger partial charge < -0.3 is 14.6 Å². The van der Waals surface area contributed by atoms with E-state index in [1.165, 1.54) is 6.07 Å². The average Bonchev–Trinajstić information content (AvgIpc) is 2.70. The number of hydrogen-bond donors (Lipinski definition) is 1. The topological polar surface area (TPSA) is 59.0 Å². The average molecular weight is 373 g/mol. The number of hydrogen-bond acceptors (Lipinski definition) is 4. The largest absolute Gasteiger partial charge is 0.496 e. The van der Waals surface area contributed by atoms with Crippen LogP contribution in [0.25, 0.3) is 0 Å². The number of aliphatic carboxylic acids is 1. The molecule has 5 nitrogen and oxygen atoms in total. The molecule has 0 aromatic heterocycles. The van der Waals surface area contributed by atoms with Crippen LogP contribution in [0.15, 0.2) is 42.5 Å². The Kier molecular flexibility index (Phi) is 5.96. The maximum atomic E-state index is 14.8. The highest BCUT2D eigenvalue weighted by atomic mass is 19.1. The van der Waals surface area contributed by atoms with Crippen molar-refractivity contribution in [1.82, 2.24) is 4.90 Å². The van der Waals surface area contributed by atoms with Crippen molar-refractivity contribution in [2.45, 2.75) is 18.9 Å². The molecule has 1 saturated heterocycles. The Morgan fingerprint density at radius 3 is 2.41 bits per heavy atom. The summed E-state index contributed by atoms with van der Waals surface area (Å²) in [4.78, 5) is 13.6. The predicted octanol–water partition coefficient (Wildman–Crippen LogP) is 3.73. The first-order valence-corrected chi connectivity index (χ1v) is 8.99. The summed E-state index contributed by atoms with van der Waals surface area (Å²) < 4.78 is 25.9. The first-order valence-electron chi connectivity index (χ1n) is 8.99. The monoisotopic (exact) mass is 373 g/mol.